The molecule has 0 bridgehead atoms. The van der Waals surface area contributed by atoms with Gasteiger partial charge in [0.05, 0.1) is 21.8 Å². The van der Waals surface area contributed by atoms with Crippen LogP contribution >= 0.6 is 0 Å². The van der Waals surface area contributed by atoms with Crippen LogP contribution < -0.4 is 9.62 Å². The number of nitriles is 1. The van der Waals surface area contributed by atoms with Crippen LogP contribution in [-0.4, -0.2) is 33.0 Å². The predicted molar refractivity (Wildman–Crippen MR) is 105 cm³/mol. The van der Waals surface area contributed by atoms with Crippen molar-refractivity contribution in [2.75, 3.05) is 18.5 Å². The van der Waals surface area contributed by atoms with Gasteiger partial charge in [-0.15, -0.1) is 0 Å². The topological polar surface area (TPSA) is 116 Å². The number of nitro benzene ring substituents is 1. The van der Waals surface area contributed by atoms with Crippen LogP contribution in [-0.2, 0) is 10.0 Å². The quantitative estimate of drug-likeness (QED) is 0.589. The lowest BCUT2D eigenvalue weighted by atomic mass is 9.91. The molecule has 9 heteroatoms. The number of nitrogens with zero attached hydrogens (tertiary/aromatic N) is 3. The monoisotopic (exact) mass is 400 g/mol. The summed E-state index contributed by atoms with van der Waals surface area (Å²) in [5.74, 6) is -0.441. The molecule has 0 saturated carbocycles. The standard InChI is InChI=1S/C19H20N4O4S/c1-21-28(26,27)15-9-10-18(19(12-15)23(24)25)22-11-5-8-17(22)16(13-20)14-6-3-2-4-7-14/h2-4,6-7,9-10,12,16-17,21H,5,8,11H2,1H3. The van der Waals surface area contributed by atoms with Gasteiger partial charge in [0.25, 0.3) is 5.69 Å². The Hall–Kier alpha value is -2.96. The average Bonchev–Trinajstić information content (AvgIpc) is 3.18. The molecule has 1 fully saturated rings. The minimum atomic E-state index is -3.80. The second-order valence-corrected chi connectivity index (χ2v) is 8.42. The minimum Gasteiger partial charge on any atom is -0.361 e. The summed E-state index contributed by atoms with van der Waals surface area (Å²) >= 11 is 0. The van der Waals surface area contributed by atoms with E-state index >= 15 is 0 Å². The fourth-order valence-corrected chi connectivity index (χ4v) is 4.41. The number of anilines is 1. The molecular weight excluding hydrogens is 380 g/mol. The molecule has 8 nitrogen and oxygen atoms in total. The van der Waals surface area contributed by atoms with Gasteiger partial charge in [-0.2, -0.15) is 5.26 Å². The van der Waals surface area contributed by atoms with Crippen molar-refractivity contribution in [3.05, 3.63) is 64.2 Å². The molecular formula is C19H20N4O4S. The predicted octanol–water partition coefficient (Wildman–Crippen LogP) is 2.78. The van der Waals surface area contributed by atoms with E-state index < -0.39 is 20.9 Å². The Kier molecular flexibility index (Phi) is 5.63. The third kappa shape index (κ3) is 3.69. The largest absolute Gasteiger partial charge is 0.361 e. The SMILES string of the molecule is CNS(=O)(=O)c1ccc(N2CCCC2C(C#N)c2ccccc2)c([N+](=O)[O-])c1. The fourth-order valence-electron chi connectivity index (χ4n) is 3.66. The van der Waals surface area contributed by atoms with E-state index in [0.717, 1.165) is 24.5 Å². The summed E-state index contributed by atoms with van der Waals surface area (Å²) in [6, 6.07) is 15.3. The Labute approximate surface area is 163 Å². The second-order valence-electron chi connectivity index (χ2n) is 6.54. The van der Waals surface area contributed by atoms with Crippen molar-refractivity contribution < 1.29 is 13.3 Å². The van der Waals surface area contributed by atoms with E-state index in [1.165, 1.54) is 19.2 Å². The Morgan fingerprint density at radius 1 is 1.29 bits per heavy atom. The van der Waals surface area contributed by atoms with Gasteiger partial charge in [-0.25, -0.2) is 13.1 Å². The van der Waals surface area contributed by atoms with Gasteiger partial charge in [0, 0.05) is 18.7 Å². The summed E-state index contributed by atoms with van der Waals surface area (Å²) in [7, 11) is -2.54. The molecule has 0 aliphatic carbocycles. The lowest BCUT2D eigenvalue weighted by molar-refractivity contribution is -0.384. The number of benzene rings is 2. The molecule has 3 rings (SSSR count). The number of rotatable bonds is 6. The maximum atomic E-state index is 12.0. The van der Waals surface area contributed by atoms with Crippen LogP contribution in [0.4, 0.5) is 11.4 Å². The molecule has 2 unspecified atom stereocenters. The molecule has 2 aromatic carbocycles. The number of hydrogen-bond acceptors (Lipinski definition) is 6. The summed E-state index contributed by atoms with van der Waals surface area (Å²) in [5.41, 5.74) is 0.908. The van der Waals surface area contributed by atoms with Gasteiger partial charge in [-0.05, 0) is 37.6 Å². The zero-order chi connectivity index (χ0) is 20.3. The molecule has 2 aromatic rings. The average molecular weight is 400 g/mol. The van der Waals surface area contributed by atoms with Crippen LogP contribution in [0.2, 0.25) is 0 Å². The van der Waals surface area contributed by atoms with Crippen molar-refractivity contribution in [3.8, 4) is 6.07 Å². The Balaban J connectivity index is 2.04. The second kappa shape index (κ2) is 7.96. The lowest BCUT2D eigenvalue weighted by Crippen LogP contribution is -2.34. The molecule has 28 heavy (non-hydrogen) atoms. The van der Waals surface area contributed by atoms with Gasteiger partial charge in [-0.1, -0.05) is 30.3 Å². The molecule has 0 amide bonds. The first-order valence-corrected chi connectivity index (χ1v) is 10.3. The highest BCUT2D eigenvalue weighted by molar-refractivity contribution is 7.89. The van der Waals surface area contributed by atoms with Gasteiger partial charge in [0.2, 0.25) is 10.0 Å². The van der Waals surface area contributed by atoms with E-state index in [0.29, 0.717) is 12.2 Å². The van der Waals surface area contributed by atoms with Gasteiger partial charge in [0.15, 0.2) is 0 Å². The molecule has 1 saturated heterocycles. The highest BCUT2D eigenvalue weighted by Gasteiger charge is 2.36. The molecule has 1 heterocycles. The van der Waals surface area contributed by atoms with E-state index in [-0.39, 0.29) is 16.6 Å². The first-order valence-electron chi connectivity index (χ1n) is 8.82. The summed E-state index contributed by atoms with van der Waals surface area (Å²) < 4.78 is 26.2. The highest BCUT2D eigenvalue weighted by atomic mass is 32.2. The van der Waals surface area contributed by atoms with E-state index in [4.69, 9.17) is 0 Å². The molecule has 1 aliphatic rings. The smallest absolute Gasteiger partial charge is 0.293 e. The Morgan fingerprint density at radius 2 is 2.00 bits per heavy atom. The number of sulfonamides is 1. The summed E-state index contributed by atoms with van der Waals surface area (Å²) in [4.78, 5) is 12.8. The first kappa shape index (κ1) is 19.8. The molecule has 0 spiro atoms. The van der Waals surface area contributed by atoms with Crippen molar-refractivity contribution in [2.24, 2.45) is 0 Å². The van der Waals surface area contributed by atoms with E-state index in [1.54, 1.807) is 0 Å². The number of nitro groups is 1. The normalized spacial score (nSPS) is 17.9. The van der Waals surface area contributed by atoms with Crippen molar-refractivity contribution in [1.29, 1.82) is 5.26 Å². The minimum absolute atomic E-state index is 0.166. The fraction of sp³-hybridized carbons (Fsp3) is 0.316. The van der Waals surface area contributed by atoms with Crippen LogP contribution in [0.1, 0.15) is 24.3 Å². The molecule has 0 radical (unpaired) electrons. The Bertz CT molecular complexity index is 1020. The third-order valence-electron chi connectivity index (χ3n) is 5.01. The zero-order valence-corrected chi connectivity index (χ0v) is 16.1. The molecule has 146 valence electrons. The molecule has 0 aromatic heterocycles. The third-order valence-corrected chi connectivity index (χ3v) is 6.43. The van der Waals surface area contributed by atoms with Gasteiger partial charge in [-0.3, -0.25) is 10.1 Å². The summed E-state index contributed by atoms with van der Waals surface area (Å²) in [5, 5.41) is 21.4. The maximum absolute atomic E-state index is 12.0. The van der Waals surface area contributed by atoms with Crippen LogP contribution in [0.15, 0.2) is 53.4 Å². The van der Waals surface area contributed by atoms with Gasteiger partial charge < -0.3 is 4.90 Å². The Morgan fingerprint density at radius 3 is 2.61 bits per heavy atom. The maximum Gasteiger partial charge on any atom is 0.293 e. The summed E-state index contributed by atoms with van der Waals surface area (Å²) in [6.45, 7) is 0.564. The van der Waals surface area contributed by atoms with E-state index in [2.05, 4.69) is 10.8 Å². The van der Waals surface area contributed by atoms with E-state index in [9.17, 15) is 23.8 Å². The van der Waals surface area contributed by atoms with Crippen LogP contribution in [0.3, 0.4) is 0 Å². The summed E-state index contributed by atoms with van der Waals surface area (Å²) in [6.07, 6.45) is 1.52. The molecule has 2 atom stereocenters. The zero-order valence-electron chi connectivity index (χ0n) is 15.3. The van der Waals surface area contributed by atoms with Crippen molar-refractivity contribution in [3.63, 3.8) is 0 Å². The lowest BCUT2D eigenvalue weighted by Gasteiger charge is -2.30. The number of hydrogen-bond donors (Lipinski definition) is 1. The highest BCUT2D eigenvalue weighted by Crippen LogP contribution is 2.39. The van der Waals surface area contributed by atoms with Crippen LogP contribution in [0.25, 0.3) is 0 Å². The van der Waals surface area contributed by atoms with Crippen LogP contribution in [0, 0.1) is 21.4 Å². The van der Waals surface area contributed by atoms with Crippen molar-refractivity contribution in [1.82, 2.24) is 4.72 Å². The number of nitrogens with one attached hydrogen (secondary N) is 1. The molecule has 1 aliphatic heterocycles. The van der Waals surface area contributed by atoms with Crippen LogP contribution in [0.5, 0.6) is 0 Å². The van der Waals surface area contributed by atoms with Crippen molar-refractivity contribution in [2.45, 2.75) is 29.7 Å². The molecule has 1 N–H and O–H groups in total. The van der Waals surface area contributed by atoms with E-state index in [1.807, 2.05) is 35.2 Å². The van der Waals surface area contributed by atoms with Gasteiger partial charge >= 0.3 is 0 Å². The van der Waals surface area contributed by atoms with Gasteiger partial charge in [0.1, 0.15) is 5.69 Å². The first-order chi connectivity index (χ1) is 13.4. The van der Waals surface area contributed by atoms with Crippen molar-refractivity contribution >= 4 is 21.4 Å².